The Bertz CT molecular complexity index is 971. The molecule has 2 aromatic carbocycles. The molecule has 158 valence electrons. The fourth-order valence-corrected chi connectivity index (χ4v) is 2.78. The number of carbonyl (C=O) groups is 1. The highest BCUT2D eigenvalue weighted by Crippen LogP contribution is 2.39. The van der Waals surface area contributed by atoms with E-state index in [4.69, 9.17) is 18.6 Å². The van der Waals surface area contributed by atoms with E-state index in [-0.39, 0.29) is 6.01 Å². The van der Waals surface area contributed by atoms with Gasteiger partial charge in [-0.3, -0.25) is 10.1 Å². The standard InChI is InChI=1S/C22H25N3O5/c1-5-27-17-12-16(13-18(28-6-2)19(17)29-7-3)20(26)23-22-25-24-21(30-22)15-10-8-14(4)9-11-15/h8-13H,5-7H2,1-4H3,(H,23,25,26). The molecule has 1 amide bonds. The third-order valence-electron chi connectivity index (χ3n) is 4.12. The molecule has 0 aliphatic carbocycles. The van der Waals surface area contributed by atoms with Crippen molar-refractivity contribution < 1.29 is 23.4 Å². The Hall–Kier alpha value is -3.55. The first-order valence-corrected chi connectivity index (χ1v) is 9.84. The summed E-state index contributed by atoms with van der Waals surface area (Å²) in [6, 6.07) is 10.9. The van der Waals surface area contributed by atoms with Gasteiger partial charge in [0.15, 0.2) is 11.5 Å². The van der Waals surface area contributed by atoms with Crippen LogP contribution in [0, 0.1) is 6.92 Å². The molecule has 1 N–H and O–H groups in total. The van der Waals surface area contributed by atoms with E-state index >= 15 is 0 Å². The number of nitrogens with one attached hydrogen (secondary N) is 1. The second-order valence-electron chi connectivity index (χ2n) is 6.33. The van der Waals surface area contributed by atoms with Crippen LogP contribution < -0.4 is 19.5 Å². The molecule has 0 atom stereocenters. The monoisotopic (exact) mass is 411 g/mol. The van der Waals surface area contributed by atoms with Gasteiger partial charge >= 0.3 is 6.01 Å². The van der Waals surface area contributed by atoms with E-state index in [0.717, 1.165) is 11.1 Å². The second kappa shape index (κ2) is 9.78. The quantitative estimate of drug-likeness (QED) is 0.554. The van der Waals surface area contributed by atoms with Crippen LogP contribution in [-0.2, 0) is 0 Å². The summed E-state index contributed by atoms with van der Waals surface area (Å²) >= 11 is 0. The lowest BCUT2D eigenvalue weighted by Gasteiger charge is -2.16. The number of ether oxygens (including phenoxy) is 3. The molecule has 0 fully saturated rings. The van der Waals surface area contributed by atoms with E-state index in [1.807, 2.05) is 52.0 Å². The number of aryl methyl sites for hydroxylation is 1. The first kappa shape index (κ1) is 21.2. The van der Waals surface area contributed by atoms with Crippen molar-refractivity contribution in [1.82, 2.24) is 10.2 Å². The van der Waals surface area contributed by atoms with Gasteiger partial charge in [0.05, 0.1) is 19.8 Å². The van der Waals surface area contributed by atoms with Gasteiger partial charge in [-0.2, -0.15) is 0 Å². The van der Waals surface area contributed by atoms with Crippen LogP contribution in [0.25, 0.3) is 11.5 Å². The van der Waals surface area contributed by atoms with Gasteiger partial charge in [0.2, 0.25) is 11.6 Å². The largest absolute Gasteiger partial charge is 0.490 e. The van der Waals surface area contributed by atoms with Crippen molar-refractivity contribution in [2.24, 2.45) is 0 Å². The minimum absolute atomic E-state index is 0.000351. The van der Waals surface area contributed by atoms with Crippen LogP contribution in [0.4, 0.5) is 6.01 Å². The Morgan fingerprint density at radius 3 is 2.10 bits per heavy atom. The number of aromatic nitrogens is 2. The molecule has 0 unspecified atom stereocenters. The number of hydrogen-bond donors (Lipinski definition) is 1. The Balaban J connectivity index is 1.85. The maximum atomic E-state index is 12.8. The van der Waals surface area contributed by atoms with Crippen LogP contribution >= 0.6 is 0 Å². The fourth-order valence-electron chi connectivity index (χ4n) is 2.78. The third kappa shape index (κ3) is 4.89. The van der Waals surface area contributed by atoms with E-state index in [1.54, 1.807) is 12.1 Å². The average molecular weight is 411 g/mol. The van der Waals surface area contributed by atoms with Crippen LogP contribution in [0.2, 0.25) is 0 Å². The summed E-state index contributed by atoms with van der Waals surface area (Å²) in [6.45, 7) is 8.85. The zero-order valence-corrected chi connectivity index (χ0v) is 17.5. The second-order valence-corrected chi connectivity index (χ2v) is 6.33. The maximum Gasteiger partial charge on any atom is 0.322 e. The minimum Gasteiger partial charge on any atom is -0.490 e. The summed E-state index contributed by atoms with van der Waals surface area (Å²) in [5, 5.41) is 10.5. The van der Waals surface area contributed by atoms with Crippen LogP contribution in [0.15, 0.2) is 40.8 Å². The van der Waals surface area contributed by atoms with Crippen molar-refractivity contribution in [3.05, 3.63) is 47.5 Å². The molecule has 8 nitrogen and oxygen atoms in total. The summed E-state index contributed by atoms with van der Waals surface area (Å²) in [5.74, 6) is 1.22. The first-order chi connectivity index (χ1) is 14.5. The predicted molar refractivity (Wildman–Crippen MR) is 112 cm³/mol. The highest BCUT2D eigenvalue weighted by Gasteiger charge is 2.20. The molecular weight excluding hydrogens is 386 g/mol. The fraction of sp³-hybridized carbons (Fsp3) is 0.318. The molecule has 0 aliphatic heterocycles. The van der Waals surface area contributed by atoms with Crippen molar-refractivity contribution >= 4 is 11.9 Å². The Morgan fingerprint density at radius 1 is 0.933 bits per heavy atom. The first-order valence-electron chi connectivity index (χ1n) is 9.84. The molecule has 0 saturated heterocycles. The number of amides is 1. The number of hydrogen-bond acceptors (Lipinski definition) is 7. The molecule has 0 spiro atoms. The third-order valence-corrected chi connectivity index (χ3v) is 4.12. The van der Waals surface area contributed by atoms with Gasteiger partial charge in [-0.25, -0.2) is 0 Å². The lowest BCUT2D eigenvalue weighted by molar-refractivity contribution is 0.102. The molecule has 0 radical (unpaired) electrons. The van der Waals surface area contributed by atoms with Gasteiger partial charge in [0, 0.05) is 11.1 Å². The van der Waals surface area contributed by atoms with Crippen molar-refractivity contribution in [2.75, 3.05) is 25.1 Å². The molecule has 3 aromatic rings. The smallest absolute Gasteiger partial charge is 0.322 e. The Morgan fingerprint density at radius 2 is 1.53 bits per heavy atom. The van der Waals surface area contributed by atoms with E-state index in [2.05, 4.69) is 15.5 Å². The minimum atomic E-state index is -0.431. The number of carbonyl (C=O) groups excluding carboxylic acids is 1. The number of rotatable bonds is 9. The molecule has 0 aliphatic rings. The van der Waals surface area contributed by atoms with Crippen LogP contribution in [0.1, 0.15) is 36.7 Å². The molecule has 1 heterocycles. The van der Waals surface area contributed by atoms with Gasteiger partial charge in [-0.15, -0.1) is 5.10 Å². The zero-order chi connectivity index (χ0) is 21.5. The number of benzene rings is 2. The zero-order valence-electron chi connectivity index (χ0n) is 17.5. The van der Waals surface area contributed by atoms with Gasteiger partial charge in [0.25, 0.3) is 5.91 Å². The molecule has 0 bridgehead atoms. The highest BCUT2D eigenvalue weighted by atomic mass is 16.5. The van der Waals surface area contributed by atoms with Crippen molar-refractivity contribution in [2.45, 2.75) is 27.7 Å². The summed E-state index contributed by atoms with van der Waals surface area (Å²) in [6.07, 6.45) is 0. The van der Waals surface area contributed by atoms with E-state index in [9.17, 15) is 4.79 Å². The summed E-state index contributed by atoms with van der Waals surface area (Å²) < 4.78 is 22.5. The maximum absolute atomic E-state index is 12.8. The average Bonchev–Trinajstić information content (AvgIpc) is 3.19. The van der Waals surface area contributed by atoms with Crippen LogP contribution in [0.5, 0.6) is 17.2 Å². The van der Waals surface area contributed by atoms with Gasteiger partial charge in [-0.05, 0) is 52.0 Å². The van der Waals surface area contributed by atoms with Crippen LogP contribution in [0.3, 0.4) is 0 Å². The summed E-state index contributed by atoms with van der Waals surface area (Å²) in [7, 11) is 0. The SMILES string of the molecule is CCOc1cc(C(=O)Nc2nnc(-c3ccc(C)cc3)o2)cc(OCC)c1OCC. The summed E-state index contributed by atoms with van der Waals surface area (Å²) in [5.41, 5.74) is 2.21. The van der Waals surface area contributed by atoms with Gasteiger partial charge < -0.3 is 18.6 Å². The number of anilines is 1. The molecule has 8 heteroatoms. The van der Waals surface area contributed by atoms with Gasteiger partial charge in [0.1, 0.15) is 0 Å². The topological polar surface area (TPSA) is 95.7 Å². The van der Waals surface area contributed by atoms with Crippen molar-refractivity contribution in [1.29, 1.82) is 0 Å². The Kier molecular flexibility index (Phi) is 6.90. The molecule has 1 aromatic heterocycles. The lowest BCUT2D eigenvalue weighted by Crippen LogP contribution is -2.13. The molecule has 30 heavy (non-hydrogen) atoms. The lowest BCUT2D eigenvalue weighted by atomic mass is 10.1. The number of nitrogens with zero attached hydrogens (tertiary/aromatic N) is 2. The van der Waals surface area contributed by atoms with E-state index in [0.29, 0.717) is 48.5 Å². The van der Waals surface area contributed by atoms with Gasteiger partial charge in [-0.1, -0.05) is 22.8 Å². The summed E-state index contributed by atoms with van der Waals surface area (Å²) in [4.78, 5) is 12.8. The molecular formula is C22H25N3O5. The Labute approximate surface area is 175 Å². The normalized spacial score (nSPS) is 10.5. The van der Waals surface area contributed by atoms with Crippen molar-refractivity contribution in [3.63, 3.8) is 0 Å². The highest BCUT2D eigenvalue weighted by molar-refractivity contribution is 6.04. The van der Waals surface area contributed by atoms with E-state index in [1.165, 1.54) is 0 Å². The van der Waals surface area contributed by atoms with Crippen molar-refractivity contribution in [3.8, 4) is 28.7 Å². The molecule has 0 saturated carbocycles. The van der Waals surface area contributed by atoms with E-state index < -0.39 is 5.91 Å². The molecule has 3 rings (SSSR count). The van der Waals surface area contributed by atoms with Crippen LogP contribution in [-0.4, -0.2) is 35.9 Å². The predicted octanol–water partition coefficient (Wildman–Crippen LogP) is 4.49.